The van der Waals surface area contributed by atoms with Crippen LogP contribution in [0.25, 0.3) is 0 Å². The number of carbonyl (C=O) groups is 2. The molecule has 2 amide bonds. The molecular weight excluding hydrogens is 377 g/mol. The molecule has 0 atom stereocenters. The summed E-state index contributed by atoms with van der Waals surface area (Å²) in [6.07, 6.45) is 0. The standard InChI is InChI=1S/C21H18FN3O4/c1-28-15-9-10-19(29-2)18(12-15)25-21(27)17-8-4-7-16(24-17)20(26)23-14-6-3-5-13(22)11-14/h3-12H,1-2H3,(H,23,26)(H,25,27). The van der Waals surface area contributed by atoms with E-state index in [0.29, 0.717) is 17.2 Å². The third kappa shape index (κ3) is 4.86. The van der Waals surface area contributed by atoms with Gasteiger partial charge in [0, 0.05) is 11.8 Å². The largest absolute Gasteiger partial charge is 0.497 e. The Kier molecular flexibility index (Phi) is 6.03. The number of hydrogen-bond acceptors (Lipinski definition) is 5. The number of anilines is 2. The highest BCUT2D eigenvalue weighted by molar-refractivity contribution is 6.06. The zero-order valence-corrected chi connectivity index (χ0v) is 15.7. The molecule has 0 saturated carbocycles. The van der Waals surface area contributed by atoms with E-state index in [1.165, 1.54) is 50.6 Å². The lowest BCUT2D eigenvalue weighted by molar-refractivity contribution is 0.101. The van der Waals surface area contributed by atoms with Gasteiger partial charge in [-0.15, -0.1) is 0 Å². The SMILES string of the molecule is COc1ccc(OC)c(NC(=O)c2cccc(C(=O)Nc3cccc(F)c3)n2)c1. The predicted octanol–water partition coefficient (Wildman–Crippen LogP) is 3.74. The second-order valence-corrected chi connectivity index (χ2v) is 5.89. The van der Waals surface area contributed by atoms with Crippen LogP contribution in [0, 0.1) is 5.82 Å². The van der Waals surface area contributed by atoms with Gasteiger partial charge in [0.1, 0.15) is 28.7 Å². The highest BCUT2D eigenvalue weighted by Gasteiger charge is 2.15. The second-order valence-electron chi connectivity index (χ2n) is 5.89. The summed E-state index contributed by atoms with van der Waals surface area (Å²) in [5.41, 5.74) is 0.724. The molecule has 0 aliphatic heterocycles. The molecule has 3 rings (SSSR count). The zero-order valence-electron chi connectivity index (χ0n) is 15.7. The van der Waals surface area contributed by atoms with Crippen LogP contribution in [0.4, 0.5) is 15.8 Å². The molecule has 1 heterocycles. The maximum atomic E-state index is 13.3. The summed E-state index contributed by atoms with van der Waals surface area (Å²) in [4.78, 5) is 29.1. The minimum atomic E-state index is -0.566. The average molecular weight is 395 g/mol. The van der Waals surface area contributed by atoms with Crippen LogP contribution in [0.5, 0.6) is 11.5 Å². The Morgan fingerprint density at radius 2 is 1.55 bits per heavy atom. The van der Waals surface area contributed by atoms with Crippen LogP contribution in [0.15, 0.2) is 60.7 Å². The van der Waals surface area contributed by atoms with E-state index in [-0.39, 0.29) is 17.1 Å². The fraction of sp³-hybridized carbons (Fsp3) is 0.0952. The summed E-state index contributed by atoms with van der Waals surface area (Å²) < 4.78 is 23.7. The fourth-order valence-electron chi connectivity index (χ4n) is 2.55. The lowest BCUT2D eigenvalue weighted by Crippen LogP contribution is -2.18. The lowest BCUT2D eigenvalue weighted by atomic mass is 10.2. The molecule has 0 aliphatic carbocycles. The van der Waals surface area contributed by atoms with Crippen LogP contribution < -0.4 is 20.1 Å². The number of rotatable bonds is 6. The molecule has 2 N–H and O–H groups in total. The molecule has 3 aromatic rings. The van der Waals surface area contributed by atoms with Crippen LogP contribution in [0.1, 0.15) is 21.0 Å². The molecule has 7 nitrogen and oxygen atoms in total. The maximum absolute atomic E-state index is 13.3. The lowest BCUT2D eigenvalue weighted by Gasteiger charge is -2.12. The Morgan fingerprint density at radius 3 is 2.21 bits per heavy atom. The Bertz CT molecular complexity index is 1060. The molecule has 0 bridgehead atoms. The van der Waals surface area contributed by atoms with Gasteiger partial charge in [0.05, 0.1) is 19.9 Å². The smallest absolute Gasteiger partial charge is 0.274 e. The Balaban J connectivity index is 1.78. The number of pyridine rings is 1. The molecule has 148 valence electrons. The molecule has 0 radical (unpaired) electrons. The van der Waals surface area contributed by atoms with Crippen LogP contribution in [0.2, 0.25) is 0 Å². The molecule has 0 spiro atoms. The van der Waals surface area contributed by atoms with E-state index < -0.39 is 17.6 Å². The number of benzene rings is 2. The van der Waals surface area contributed by atoms with Gasteiger partial charge >= 0.3 is 0 Å². The summed E-state index contributed by atoms with van der Waals surface area (Å²) in [5.74, 6) is -0.589. The number of aromatic nitrogens is 1. The number of nitrogens with one attached hydrogen (secondary N) is 2. The molecular formula is C21H18FN3O4. The average Bonchev–Trinajstić information content (AvgIpc) is 2.73. The van der Waals surface area contributed by atoms with Crippen molar-refractivity contribution in [2.45, 2.75) is 0 Å². The molecule has 29 heavy (non-hydrogen) atoms. The van der Waals surface area contributed by atoms with E-state index >= 15 is 0 Å². The Morgan fingerprint density at radius 1 is 0.862 bits per heavy atom. The maximum Gasteiger partial charge on any atom is 0.274 e. The predicted molar refractivity (Wildman–Crippen MR) is 106 cm³/mol. The topological polar surface area (TPSA) is 89.5 Å². The van der Waals surface area contributed by atoms with E-state index in [9.17, 15) is 14.0 Å². The van der Waals surface area contributed by atoms with Gasteiger partial charge < -0.3 is 20.1 Å². The quantitative estimate of drug-likeness (QED) is 0.664. The molecule has 0 aliphatic rings. The van der Waals surface area contributed by atoms with Gasteiger partial charge in [-0.2, -0.15) is 0 Å². The second kappa shape index (κ2) is 8.83. The van der Waals surface area contributed by atoms with Crippen molar-refractivity contribution in [1.82, 2.24) is 4.98 Å². The normalized spacial score (nSPS) is 10.2. The molecule has 1 aromatic heterocycles. The van der Waals surface area contributed by atoms with Gasteiger partial charge in [-0.3, -0.25) is 9.59 Å². The van der Waals surface area contributed by atoms with Gasteiger partial charge in [-0.1, -0.05) is 12.1 Å². The first kappa shape index (κ1) is 19.8. The van der Waals surface area contributed by atoms with Crippen molar-refractivity contribution < 1.29 is 23.5 Å². The Hall–Kier alpha value is -3.94. The molecule has 0 fully saturated rings. The van der Waals surface area contributed by atoms with Gasteiger partial charge in [-0.05, 0) is 42.5 Å². The molecule has 0 saturated heterocycles. The van der Waals surface area contributed by atoms with Crippen molar-refractivity contribution in [2.24, 2.45) is 0 Å². The monoisotopic (exact) mass is 395 g/mol. The van der Waals surface area contributed by atoms with E-state index in [1.807, 2.05) is 0 Å². The number of halogens is 1. The van der Waals surface area contributed by atoms with E-state index in [4.69, 9.17) is 9.47 Å². The van der Waals surface area contributed by atoms with Crippen LogP contribution >= 0.6 is 0 Å². The minimum Gasteiger partial charge on any atom is -0.497 e. The van der Waals surface area contributed by atoms with Crippen molar-refractivity contribution in [2.75, 3.05) is 24.9 Å². The van der Waals surface area contributed by atoms with Crippen molar-refractivity contribution in [3.63, 3.8) is 0 Å². The summed E-state index contributed by atoms with van der Waals surface area (Å²) in [5, 5.41) is 5.23. The Labute approximate surface area is 166 Å². The fourth-order valence-corrected chi connectivity index (χ4v) is 2.55. The van der Waals surface area contributed by atoms with Crippen molar-refractivity contribution in [3.05, 3.63) is 77.9 Å². The summed E-state index contributed by atoms with van der Waals surface area (Å²) in [7, 11) is 2.99. The number of ether oxygens (including phenoxy) is 2. The zero-order chi connectivity index (χ0) is 20.8. The van der Waals surface area contributed by atoms with Gasteiger partial charge in [0.2, 0.25) is 0 Å². The van der Waals surface area contributed by atoms with Crippen molar-refractivity contribution in [3.8, 4) is 11.5 Å². The molecule has 0 unspecified atom stereocenters. The highest BCUT2D eigenvalue weighted by atomic mass is 19.1. The number of nitrogens with zero attached hydrogens (tertiary/aromatic N) is 1. The number of amides is 2. The van der Waals surface area contributed by atoms with Crippen molar-refractivity contribution in [1.29, 1.82) is 0 Å². The first-order valence-electron chi connectivity index (χ1n) is 8.57. The van der Waals surface area contributed by atoms with Crippen LogP contribution in [0.3, 0.4) is 0 Å². The highest BCUT2D eigenvalue weighted by Crippen LogP contribution is 2.29. The first-order valence-corrected chi connectivity index (χ1v) is 8.57. The van der Waals surface area contributed by atoms with Crippen molar-refractivity contribution >= 4 is 23.2 Å². The van der Waals surface area contributed by atoms with Crippen LogP contribution in [-0.4, -0.2) is 31.0 Å². The molecule has 8 heteroatoms. The summed E-state index contributed by atoms with van der Waals surface area (Å²) >= 11 is 0. The molecule has 2 aromatic carbocycles. The third-order valence-corrected chi connectivity index (χ3v) is 3.95. The summed E-state index contributed by atoms with van der Waals surface area (Å²) in [6, 6.07) is 14.9. The first-order chi connectivity index (χ1) is 14.0. The number of methoxy groups -OCH3 is 2. The minimum absolute atomic E-state index is 0.0134. The van der Waals surface area contributed by atoms with E-state index in [2.05, 4.69) is 15.6 Å². The van der Waals surface area contributed by atoms with Gasteiger partial charge in [0.25, 0.3) is 11.8 Å². The van der Waals surface area contributed by atoms with E-state index in [0.717, 1.165) is 0 Å². The van der Waals surface area contributed by atoms with E-state index in [1.54, 1.807) is 24.3 Å². The van der Waals surface area contributed by atoms with Crippen LogP contribution in [-0.2, 0) is 0 Å². The summed E-state index contributed by atoms with van der Waals surface area (Å²) in [6.45, 7) is 0. The van der Waals surface area contributed by atoms with Gasteiger partial charge in [0.15, 0.2) is 0 Å². The van der Waals surface area contributed by atoms with Gasteiger partial charge in [-0.25, -0.2) is 9.37 Å². The number of carbonyl (C=O) groups excluding carboxylic acids is 2. The third-order valence-electron chi connectivity index (χ3n) is 3.95. The number of hydrogen-bond donors (Lipinski definition) is 2.